The molecule has 0 aliphatic rings. The summed E-state index contributed by atoms with van der Waals surface area (Å²) in [5.74, 6) is -0.144. The molecule has 0 bridgehead atoms. The molecule has 2 heterocycles. The van der Waals surface area contributed by atoms with E-state index in [0.717, 1.165) is 23.3 Å². The largest absolute Gasteiger partial charge is 0.423 e. The number of nitrogens with one attached hydrogen (secondary N) is 1. The molecule has 0 unspecified atom stereocenters. The SMILES string of the molecule is CCn1c(C)cc(C(=O)Nc2ccc3oc(=O)ccc3c2)c1C. The maximum atomic E-state index is 12.5. The molecule has 3 rings (SSSR count). The molecule has 0 saturated heterocycles. The van der Waals surface area contributed by atoms with Gasteiger partial charge in [-0.3, -0.25) is 4.79 Å². The molecule has 0 atom stereocenters. The summed E-state index contributed by atoms with van der Waals surface area (Å²) in [5, 5.41) is 3.66. The fourth-order valence-electron chi connectivity index (χ4n) is 2.87. The number of fused-ring (bicyclic) bond motifs is 1. The van der Waals surface area contributed by atoms with Crippen LogP contribution >= 0.6 is 0 Å². The van der Waals surface area contributed by atoms with Gasteiger partial charge in [-0.15, -0.1) is 0 Å². The lowest BCUT2D eigenvalue weighted by Crippen LogP contribution is -2.13. The fourth-order valence-corrected chi connectivity index (χ4v) is 2.87. The van der Waals surface area contributed by atoms with Gasteiger partial charge < -0.3 is 14.3 Å². The number of carbonyl (C=O) groups excluding carboxylic acids is 1. The Balaban J connectivity index is 1.91. The molecule has 23 heavy (non-hydrogen) atoms. The molecule has 0 aliphatic carbocycles. The van der Waals surface area contributed by atoms with Crippen molar-refractivity contribution in [3.05, 3.63) is 63.8 Å². The fraction of sp³-hybridized carbons (Fsp3) is 0.222. The van der Waals surface area contributed by atoms with Crippen LogP contribution in [0, 0.1) is 13.8 Å². The molecule has 118 valence electrons. The summed E-state index contributed by atoms with van der Waals surface area (Å²) in [5.41, 5.74) is 3.47. The first-order valence-electron chi connectivity index (χ1n) is 7.51. The summed E-state index contributed by atoms with van der Waals surface area (Å²) in [6.07, 6.45) is 0. The number of aromatic nitrogens is 1. The predicted octanol–water partition coefficient (Wildman–Crippen LogP) is 3.48. The van der Waals surface area contributed by atoms with Crippen molar-refractivity contribution in [2.75, 3.05) is 5.32 Å². The lowest BCUT2D eigenvalue weighted by atomic mass is 10.2. The molecule has 0 fully saturated rings. The Morgan fingerprint density at radius 2 is 1.96 bits per heavy atom. The first-order valence-corrected chi connectivity index (χ1v) is 7.51. The molecule has 3 aromatic rings. The first kappa shape index (κ1) is 15.1. The second-order valence-electron chi connectivity index (χ2n) is 5.49. The van der Waals surface area contributed by atoms with Gasteiger partial charge in [0.05, 0.1) is 5.56 Å². The first-order chi connectivity index (χ1) is 11.0. The van der Waals surface area contributed by atoms with Gasteiger partial charge in [0.15, 0.2) is 0 Å². The van der Waals surface area contributed by atoms with Crippen LogP contribution in [0.25, 0.3) is 11.0 Å². The third kappa shape index (κ3) is 2.77. The topological polar surface area (TPSA) is 64.2 Å². The summed E-state index contributed by atoms with van der Waals surface area (Å²) in [6, 6.07) is 10.1. The lowest BCUT2D eigenvalue weighted by molar-refractivity contribution is 0.102. The van der Waals surface area contributed by atoms with E-state index in [4.69, 9.17) is 4.42 Å². The molecule has 1 N–H and O–H groups in total. The summed E-state index contributed by atoms with van der Waals surface area (Å²) in [6.45, 7) is 6.82. The highest BCUT2D eigenvalue weighted by molar-refractivity contribution is 6.06. The number of nitrogens with zero attached hydrogens (tertiary/aromatic N) is 1. The normalized spacial score (nSPS) is 10.9. The highest BCUT2D eigenvalue weighted by Crippen LogP contribution is 2.20. The van der Waals surface area contributed by atoms with E-state index in [9.17, 15) is 9.59 Å². The van der Waals surface area contributed by atoms with Gasteiger partial charge in [0.25, 0.3) is 5.91 Å². The van der Waals surface area contributed by atoms with Crippen molar-refractivity contribution in [1.82, 2.24) is 4.57 Å². The van der Waals surface area contributed by atoms with Gasteiger partial charge in [0, 0.05) is 35.1 Å². The van der Waals surface area contributed by atoms with E-state index in [-0.39, 0.29) is 11.5 Å². The third-order valence-corrected chi connectivity index (χ3v) is 4.01. The molecule has 1 amide bonds. The van der Waals surface area contributed by atoms with Gasteiger partial charge >= 0.3 is 5.63 Å². The summed E-state index contributed by atoms with van der Waals surface area (Å²) >= 11 is 0. The number of carbonyl (C=O) groups is 1. The lowest BCUT2D eigenvalue weighted by Gasteiger charge is -2.07. The van der Waals surface area contributed by atoms with Gasteiger partial charge in [-0.25, -0.2) is 4.79 Å². The molecule has 5 nitrogen and oxygen atoms in total. The van der Waals surface area contributed by atoms with Gasteiger partial charge in [-0.2, -0.15) is 0 Å². The van der Waals surface area contributed by atoms with Crippen molar-refractivity contribution < 1.29 is 9.21 Å². The highest BCUT2D eigenvalue weighted by Gasteiger charge is 2.15. The summed E-state index contributed by atoms with van der Waals surface area (Å²) in [7, 11) is 0. The van der Waals surface area contributed by atoms with Crippen LogP contribution in [0.2, 0.25) is 0 Å². The molecule has 1 aromatic carbocycles. The van der Waals surface area contributed by atoms with Crippen molar-refractivity contribution >= 4 is 22.6 Å². The average molecular weight is 310 g/mol. The van der Waals surface area contributed by atoms with Crippen molar-refractivity contribution in [1.29, 1.82) is 0 Å². The van der Waals surface area contributed by atoms with E-state index >= 15 is 0 Å². The Hall–Kier alpha value is -2.82. The number of amides is 1. The number of anilines is 1. The van der Waals surface area contributed by atoms with Crippen LogP contribution in [-0.4, -0.2) is 10.5 Å². The Kier molecular flexibility index (Phi) is 3.78. The van der Waals surface area contributed by atoms with Crippen LogP contribution in [0.1, 0.15) is 28.7 Å². The minimum absolute atomic E-state index is 0.144. The van der Waals surface area contributed by atoms with Crippen molar-refractivity contribution in [2.45, 2.75) is 27.3 Å². The zero-order valence-corrected chi connectivity index (χ0v) is 13.3. The zero-order chi connectivity index (χ0) is 16.6. The summed E-state index contributed by atoms with van der Waals surface area (Å²) < 4.78 is 7.19. The number of hydrogen-bond acceptors (Lipinski definition) is 3. The maximum Gasteiger partial charge on any atom is 0.336 e. The van der Waals surface area contributed by atoms with Crippen molar-refractivity contribution in [3.63, 3.8) is 0 Å². The van der Waals surface area contributed by atoms with Crippen LogP contribution in [0.5, 0.6) is 0 Å². The van der Waals surface area contributed by atoms with E-state index in [0.29, 0.717) is 16.8 Å². The van der Waals surface area contributed by atoms with Crippen LogP contribution in [0.15, 0.2) is 45.6 Å². The number of benzene rings is 1. The Bertz CT molecular complexity index is 951. The van der Waals surface area contributed by atoms with Crippen LogP contribution in [0.3, 0.4) is 0 Å². The highest BCUT2D eigenvalue weighted by atomic mass is 16.4. The molecule has 0 radical (unpaired) electrons. The van der Waals surface area contributed by atoms with Gasteiger partial charge in [-0.1, -0.05) is 0 Å². The predicted molar refractivity (Wildman–Crippen MR) is 90.0 cm³/mol. The Morgan fingerprint density at radius 3 is 2.65 bits per heavy atom. The minimum atomic E-state index is -0.388. The number of hydrogen-bond donors (Lipinski definition) is 1. The second kappa shape index (κ2) is 5.76. The van der Waals surface area contributed by atoms with E-state index in [1.165, 1.54) is 6.07 Å². The quantitative estimate of drug-likeness (QED) is 0.753. The summed E-state index contributed by atoms with van der Waals surface area (Å²) in [4.78, 5) is 23.7. The van der Waals surface area contributed by atoms with Gasteiger partial charge in [0.2, 0.25) is 0 Å². The smallest absolute Gasteiger partial charge is 0.336 e. The van der Waals surface area contributed by atoms with E-state index in [2.05, 4.69) is 16.8 Å². The minimum Gasteiger partial charge on any atom is -0.423 e. The molecular formula is C18H18N2O3. The molecule has 0 aliphatic heterocycles. The van der Waals surface area contributed by atoms with Gasteiger partial charge in [-0.05, 0) is 51.1 Å². The average Bonchev–Trinajstić information content (AvgIpc) is 2.81. The molecule has 0 saturated carbocycles. The van der Waals surface area contributed by atoms with Crippen molar-refractivity contribution in [3.8, 4) is 0 Å². The maximum absolute atomic E-state index is 12.5. The van der Waals surface area contributed by atoms with Crippen LogP contribution in [0.4, 0.5) is 5.69 Å². The van der Waals surface area contributed by atoms with Crippen LogP contribution in [-0.2, 0) is 6.54 Å². The van der Waals surface area contributed by atoms with Crippen LogP contribution < -0.4 is 10.9 Å². The third-order valence-electron chi connectivity index (χ3n) is 4.01. The Morgan fingerprint density at radius 1 is 1.17 bits per heavy atom. The molecular weight excluding hydrogens is 292 g/mol. The van der Waals surface area contributed by atoms with E-state index in [1.807, 2.05) is 19.9 Å². The van der Waals surface area contributed by atoms with E-state index in [1.54, 1.807) is 24.3 Å². The zero-order valence-electron chi connectivity index (χ0n) is 13.3. The standard InChI is InChI=1S/C18H18N2O3/c1-4-20-11(2)9-15(12(20)3)18(22)19-14-6-7-16-13(10-14)5-8-17(21)23-16/h5-10H,4H2,1-3H3,(H,19,22). The molecule has 2 aromatic heterocycles. The number of rotatable bonds is 3. The van der Waals surface area contributed by atoms with Gasteiger partial charge in [0.1, 0.15) is 5.58 Å². The van der Waals surface area contributed by atoms with Crippen molar-refractivity contribution in [2.24, 2.45) is 0 Å². The molecule has 0 spiro atoms. The van der Waals surface area contributed by atoms with E-state index < -0.39 is 0 Å². The monoisotopic (exact) mass is 310 g/mol. The second-order valence-corrected chi connectivity index (χ2v) is 5.49. The molecule has 5 heteroatoms. The number of aryl methyl sites for hydroxylation is 1. The Labute approximate surface area is 133 Å².